The van der Waals surface area contributed by atoms with Crippen LogP contribution in [-0.4, -0.2) is 41.8 Å². The average Bonchev–Trinajstić information content (AvgIpc) is 2.90. The van der Waals surface area contributed by atoms with Crippen molar-refractivity contribution in [2.24, 2.45) is 0 Å². The zero-order chi connectivity index (χ0) is 24.5. The SMILES string of the molecule is O=C(C[C@@H]1CC[C@@H](NC(=O)c2ccccc2)[C@@H](CO)O1)NCc1ccc(Oc2ccccc2)cc1. The first-order valence-corrected chi connectivity index (χ1v) is 11.8. The van der Waals surface area contributed by atoms with Gasteiger partial charge in [-0.25, -0.2) is 0 Å². The first-order valence-electron chi connectivity index (χ1n) is 11.8. The molecule has 182 valence electrons. The molecular weight excluding hydrogens is 444 g/mol. The summed E-state index contributed by atoms with van der Waals surface area (Å²) in [6.07, 6.45) is 0.593. The Morgan fingerprint density at radius 1 is 0.886 bits per heavy atom. The summed E-state index contributed by atoms with van der Waals surface area (Å²) >= 11 is 0. The second-order valence-corrected chi connectivity index (χ2v) is 8.54. The molecule has 0 aliphatic carbocycles. The Balaban J connectivity index is 1.21. The van der Waals surface area contributed by atoms with E-state index in [2.05, 4.69) is 10.6 Å². The Hall–Kier alpha value is -3.68. The van der Waals surface area contributed by atoms with Crippen LogP contribution >= 0.6 is 0 Å². The number of benzene rings is 3. The largest absolute Gasteiger partial charge is 0.457 e. The highest BCUT2D eigenvalue weighted by atomic mass is 16.5. The third-order valence-corrected chi connectivity index (χ3v) is 5.95. The van der Waals surface area contributed by atoms with E-state index in [1.54, 1.807) is 24.3 Å². The number of carbonyl (C=O) groups is 2. The minimum absolute atomic E-state index is 0.122. The second-order valence-electron chi connectivity index (χ2n) is 8.54. The summed E-state index contributed by atoms with van der Waals surface area (Å²) < 4.78 is 11.7. The average molecular weight is 475 g/mol. The lowest BCUT2D eigenvalue weighted by Gasteiger charge is -2.36. The van der Waals surface area contributed by atoms with Gasteiger partial charge in [-0.2, -0.15) is 0 Å². The Bertz CT molecular complexity index is 1090. The van der Waals surface area contributed by atoms with Gasteiger partial charge in [0.2, 0.25) is 5.91 Å². The maximum Gasteiger partial charge on any atom is 0.251 e. The predicted octanol–water partition coefficient (Wildman–Crippen LogP) is 3.82. The van der Waals surface area contributed by atoms with Crippen LogP contribution in [0.2, 0.25) is 0 Å². The van der Waals surface area contributed by atoms with Crippen molar-refractivity contribution in [1.82, 2.24) is 10.6 Å². The minimum Gasteiger partial charge on any atom is -0.457 e. The highest BCUT2D eigenvalue weighted by Crippen LogP contribution is 2.23. The van der Waals surface area contributed by atoms with Crippen LogP contribution in [0, 0.1) is 0 Å². The fourth-order valence-corrected chi connectivity index (χ4v) is 4.07. The van der Waals surface area contributed by atoms with Gasteiger partial charge in [0.1, 0.15) is 17.6 Å². The third-order valence-electron chi connectivity index (χ3n) is 5.95. The molecule has 1 aliphatic rings. The summed E-state index contributed by atoms with van der Waals surface area (Å²) in [6, 6.07) is 25.7. The van der Waals surface area contributed by atoms with E-state index in [0.717, 1.165) is 17.1 Å². The number of nitrogens with one attached hydrogen (secondary N) is 2. The van der Waals surface area contributed by atoms with Crippen LogP contribution < -0.4 is 15.4 Å². The van der Waals surface area contributed by atoms with Crippen LogP contribution in [0.15, 0.2) is 84.9 Å². The fourth-order valence-electron chi connectivity index (χ4n) is 4.07. The first-order chi connectivity index (χ1) is 17.1. The van der Waals surface area contributed by atoms with Crippen molar-refractivity contribution in [2.45, 2.75) is 44.1 Å². The van der Waals surface area contributed by atoms with Crippen LogP contribution in [0.5, 0.6) is 11.5 Å². The Kier molecular flexibility index (Phi) is 8.48. The van der Waals surface area contributed by atoms with Gasteiger partial charge in [-0.1, -0.05) is 48.5 Å². The van der Waals surface area contributed by atoms with E-state index >= 15 is 0 Å². The fraction of sp³-hybridized carbons (Fsp3) is 0.286. The number of amides is 2. The quantitative estimate of drug-likeness (QED) is 0.438. The van der Waals surface area contributed by atoms with Gasteiger partial charge in [0.05, 0.1) is 25.2 Å². The standard InChI is InChI=1S/C28H30N2O5/c31-19-26-25(30-28(33)21-7-3-1-4-8-21)16-15-24(35-26)17-27(32)29-18-20-11-13-23(14-12-20)34-22-9-5-2-6-10-22/h1-14,24-26,31H,15-19H2,(H,29,32)(H,30,33)/t24-,25+,26+/m0/s1. The number of aliphatic hydroxyl groups is 1. The molecule has 1 aliphatic heterocycles. The molecule has 1 fully saturated rings. The van der Waals surface area contributed by atoms with E-state index in [4.69, 9.17) is 9.47 Å². The Morgan fingerprint density at radius 2 is 1.54 bits per heavy atom. The lowest BCUT2D eigenvalue weighted by atomic mass is 9.96. The van der Waals surface area contributed by atoms with Gasteiger partial charge >= 0.3 is 0 Å². The molecule has 7 heteroatoms. The van der Waals surface area contributed by atoms with Crippen molar-refractivity contribution in [3.05, 3.63) is 96.1 Å². The van der Waals surface area contributed by atoms with Gasteiger partial charge in [0, 0.05) is 12.1 Å². The molecule has 0 radical (unpaired) electrons. The van der Waals surface area contributed by atoms with Crippen LogP contribution in [0.25, 0.3) is 0 Å². The highest BCUT2D eigenvalue weighted by Gasteiger charge is 2.33. The smallest absolute Gasteiger partial charge is 0.251 e. The molecular formula is C28H30N2O5. The molecule has 3 atom stereocenters. The summed E-state index contributed by atoms with van der Waals surface area (Å²) in [5, 5.41) is 15.6. The van der Waals surface area contributed by atoms with Crippen LogP contribution in [0.1, 0.15) is 35.2 Å². The number of hydrogen-bond donors (Lipinski definition) is 3. The van der Waals surface area contributed by atoms with Crippen molar-refractivity contribution in [3.8, 4) is 11.5 Å². The zero-order valence-corrected chi connectivity index (χ0v) is 19.4. The molecule has 0 spiro atoms. The number of para-hydroxylation sites is 1. The molecule has 0 unspecified atom stereocenters. The minimum atomic E-state index is -0.550. The Morgan fingerprint density at radius 3 is 2.23 bits per heavy atom. The molecule has 1 heterocycles. The zero-order valence-electron chi connectivity index (χ0n) is 19.4. The first kappa shape index (κ1) is 24.4. The van der Waals surface area contributed by atoms with Gasteiger partial charge < -0.3 is 25.2 Å². The van der Waals surface area contributed by atoms with Gasteiger partial charge in [0.25, 0.3) is 5.91 Å². The lowest BCUT2D eigenvalue weighted by Crippen LogP contribution is -2.51. The summed E-state index contributed by atoms with van der Waals surface area (Å²) in [6.45, 7) is 0.172. The van der Waals surface area contributed by atoms with Gasteiger partial charge in [-0.3, -0.25) is 9.59 Å². The van der Waals surface area contributed by atoms with E-state index in [1.807, 2.05) is 60.7 Å². The molecule has 0 aromatic heterocycles. The molecule has 0 saturated carbocycles. The molecule has 2 amide bonds. The van der Waals surface area contributed by atoms with Crippen molar-refractivity contribution in [3.63, 3.8) is 0 Å². The molecule has 4 rings (SSSR count). The van der Waals surface area contributed by atoms with Gasteiger partial charge in [0.15, 0.2) is 0 Å². The van der Waals surface area contributed by atoms with Crippen LogP contribution in [0.4, 0.5) is 0 Å². The molecule has 1 saturated heterocycles. The van der Waals surface area contributed by atoms with Crippen molar-refractivity contribution >= 4 is 11.8 Å². The highest BCUT2D eigenvalue weighted by molar-refractivity contribution is 5.94. The molecule has 35 heavy (non-hydrogen) atoms. The van der Waals surface area contributed by atoms with Crippen LogP contribution in [-0.2, 0) is 16.1 Å². The topological polar surface area (TPSA) is 96.9 Å². The molecule has 3 N–H and O–H groups in total. The molecule has 3 aromatic rings. The lowest BCUT2D eigenvalue weighted by molar-refractivity contribution is -0.131. The van der Waals surface area contributed by atoms with Crippen molar-refractivity contribution in [1.29, 1.82) is 0 Å². The molecule has 0 bridgehead atoms. The van der Waals surface area contributed by atoms with Gasteiger partial charge in [-0.05, 0) is 54.8 Å². The number of ether oxygens (including phenoxy) is 2. The summed E-state index contributed by atoms with van der Waals surface area (Å²) in [4.78, 5) is 24.9. The number of rotatable bonds is 9. The molecule has 7 nitrogen and oxygen atoms in total. The predicted molar refractivity (Wildman–Crippen MR) is 132 cm³/mol. The summed E-state index contributed by atoms with van der Waals surface area (Å²) in [7, 11) is 0. The molecule has 3 aromatic carbocycles. The maximum atomic E-state index is 12.5. The van der Waals surface area contributed by atoms with E-state index in [1.165, 1.54) is 0 Å². The number of aliphatic hydroxyl groups excluding tert-OH is 1. The van der Waals surface area contributed by atoms with E-state index in [9.17, 15) is 14.7 Å². The summed E-state index contributed by atoms with van der Waals surface area (Å²) in [5.74, 6) is 1.17. The van der Waals surface area contributed by atoms with E-state index < -0.39 is 6.10 Å². The number of carbonyl (C=O) groups excluding carboxylic acids is 2. The number of hydrogen-bond acceptors (Lipinski definition) is 5. The van der Waals surface area contributed by atoms with E-state index in [0.29, 0.717) is 24.9 Å². The van der Waals surface area contributed by atoms with Crippen molar-refractivity contribution < 1.29 is 24.2 Å². The summed E-state index contributed by atoms with van der Waals surface area (Å²) in [5.41, 5.74) is 1.52. The second kappa shape index (κ2) is 12.1. The normalized spacial score (nSPS) is 19.5. The van der Waals surface area contributed by atoms with E-state index in [-0.39, 0.29) is 37.0 Å². The maximum absolute atomic E-state index is 12.5. The van der Waals surface area contributed by atoms with Crippen LogP contribution in [0.3, 0.4) is 0 Å². The third kappa shape index (κ3) is 7.15. The Labute approximate surface area is 205 Å². The van der Waals surface area contributed by atoms with Crippen molar-refractivity contribution in [2.75, 3.05) is 6.61 Å². The van der Waals surface area contributed by atoms with Gasteiger partial charge in [-0.15, -0.1) is 0 Å². The monoisotopic (exact) mass is 474 g/mol.